The average molecular weight is 259 g/mol. The lowest BCUT2D eigenvalue weighted by molar-refractivity contribution is 0.0884. The fourth-order valence-electron chi connectivity index (χ4n) is 1.52. The van der Waals surface area contributed by atoms with E-state index in [-0.39, 0.29) is 17.1 Å². The summed E-state index contributed by atoms with van der Waals surface area (Å²) in [5.41, 5.74) is 4.87. The maximum absolute atomic E-state index is 13.4. The molecule has 2 rings (SSSR count). The molecule has 2 atom stereocenters. The second-order valence-corrected chi connectivity index (χ2v) is 3.73. The van der Waals surface area contributed by atoms with Crippen LogP contribution in [0.15, 0.2) is 11.1 Å². The van der Waals surface area contributed by atoms with Crippen LogP contribution in [-0.4, -0.2) is 43.6 Å². The van der Waals surface area contributed by atoms with Gasteiger partial charge >= 0.3 is 0 Å². The third kappa shape index (κ3) is 2.16. The van der Waals surface area contributed by atoms with Gasteiger partial charge in [-0.1, -0.05) is 0 Å². The number of anilines is 1. The van der Waals surface area contributed by atoms with Crippen molar-refractivity contribution in [3.63, 3.8) is 0 Å². The van der Waals surface area contributed by atoms with E-state index in [1.165, 1.54) is 10.9 Å². The summed E-state index contributed by atoms with van der Waals surface area (Å²) in [7, 11) is 0. The zero-order valence-corrected chi connectivity index (χ0v) is 9.18. The number of rotatable bonds is 4. The maximum Gasteiger partial charge on any atom is 0.280 e. The Hall–Kier alpha value is -2.03. The highest BCUT2D eigenvalue weighted by Gasteiger charge is 2.21. The minimum Gasteiger partial charge on any atom is -0.393 e. The van der Waals surface area contributed by atoms with Crippen molar-refractivity contribution in [1.82, 2.24) is 19.5 Å². The number of halogens is 2. The van der Waals surface area contributed by atoms with E-state index < -0.39 is 31.1 Å². The van der Waals surface area contributed by atoms with E-state index in [0.717, 1.165) is 0 Å². The molecule has 0 saturated carbocycles. The lowest BCUT2D eigenvalue weighted by Gasteiger charge is -2.11. The molecule has 0 spiro atoms. The van der Waals surface area contributed by atoms with E-state index in [0.29, 0.717) is 0 Å². The highest BCUT2D eigenvalue weighted by molar-refractivity contribution is 5.70. The SMILES string of the molecule is Nc1nc2c(ncn2CC(F)C(F)CO)c(=O)[nH]1. The maximum atomic E-state index is 13.4. The van der Waals surface area contributed by atoms with Crippen LogP contribution in [0, 0.1) is 0 Å². The van der Waals surface area contributed by atoms with Crippen LogP contribution >= 0.6 is 0 Å². The number of aliphatic hydroxyl groups is 1. The molecule has 0 aliphatic carbocycles. The number of imidazole rings is 1. The van der Waals surface area contributed by atoms with Gasteiger partial charge in [-0.3, -0.25) is 9.78 Å². The molecule has 18 heavy (non-hydrogen) atoms. The van der Waals surface area contributed by atoms with E-state index in [2.05, 4.69) is 15.0 Å². The van der Waals surface area contributed by atoms with E-state index >= 15 is 0 Å². The second-order valence-electron chi connectivity index (χ2n) is 3.73. The molecule has 0 saturated heterocycles. The lowest BCUT2D eigenvalue weighted by atomic mass is 10.2. The van der Waals surface area contributed by atoms with Crippen LogP contribution in [-0.2, 0) is 6.54 Å². The fraction of sp³-hybridized carbons (Fsp3) is 0.444. The molecule has 0 aliphatic rings. The van der Waals surface area contributed by atoms with Gasteiger partial charge in [-0.25, -0.2) is 13.8 Å². The molecule has 98 valence electrons. The Bertz CT molecular complexity index is 611. The standard InChI is InChI=1S/C9H11F2N5O2/c10-4(5(11)2-17)1-16-3-13-6-7(16)14-9(12)15-8(6)18/h3-5,17H,1-2H2,(H3,12,14,15,18). The van der Waals surface area contributed by atoms with E-state index in [9.17, 15) is 13.6 Å². The molecule has 2 heterocycles. The third-order valence-corrected chi connectivity index (χ3v) is 2.43. The highest BCUT2D eigenvalue weighted by atomic mass is 19.2. The van der Waals surface area contributed by atoms with Gasteiger partial charge in [0, 0.05) is 0 Å². The third-order valence-electron chi connectivity index (χ3n) is 2.43. The Morgan fingerprint density at radius 2 is 2.22 bits per heavy atom. The van der Waals surface area contributed by atoms with Crippen molar-refractivity contribution in [2.24, 2.45) is 0 Å². The van der Waals surface area contributed by atoms with Crippen LogP contribution in [0.3, 0.4) is 0 Å². The first-order valence-corrected chi connectivity index (χ1v) is 5.12. The second kappa shape index (κ2) is 4.69. The molecule has 0 radical (unpaired) electrons. The number of aromatic amines is 1. The first-order valence-electron chi connectivity index (χ1n) is 5.12. The van der Waals surface area contributed by atoms with Gasteiger partial charge in [0.15, 0.2) is 23.5 Å². The Balaban J connectivity index is 2.38. The summed E-state index contributed by atoms with van der Waals surface area (Å²) in [4.78, 5) is 21.2. The van der Waals surface area contributed by atoms with E-state index in [1.54, 1.807) is 0 Å². The summed E-state index contributed by atoms with van der Waals surface area (Å²) in [6.07, 6.45) is -2.75. The van der Waals surface area contributed by atoms with Gasteiger partial charge in [-0.15, -0.1) is 0 Å². The monoisotopic (exact) mass is 259 g/mol. The Morgan fingerprint density at radius 1 is 1.50 bits per heavy atom. The van der Waals surface area contributed by atoms with Gasteiger partial charge < -0.3 is 15.4 Å². The minimum absolute atomic E-state index is 0.00388. The van der Waals surface area contributed by atoms with Crippen LogP contribution in [0.2, 0.25) is 0 Å². The topological polar surface area (TPSA) is 110 Å². The zero-order chi connectivity index (χ0) is 13.3. The van der Waals surface area contributed by atoms with Crippen LogP contribution in [0.4, 0.5) is 14.7 Å². The predicted octanol–water partition coefficient (Wildman–Crippen LogP) is -0.630. The summed E-state index contributed by atoms with van der Waals surface area (Å²) in [6.45, 7) is -1.32. The van der Waals surface area contributed by atoms with Crippen molar-refractivity contribution >= 4 is 17.1 Å². The average Bonchev–Trinajstić information content (AvgIpc) is 2.71. The van der Waals surface area contributed by atoms with Crippen molar-refractivity contribution < 1.29 is 13.9 Å². The number of nitrogens with one attached hydrogen (secondary N) is 1. The molecule has 0 bridgehead atoms. The predicted molar refractivity (Wildman–Crippen MR) is 59.4 cm³/mol. The summed E-state index contributed by atoms with van der Waals surface area (Å²) in [6, 6.07) is 0. The lowest BCUT2D eigenvalue weighted by Crippen LogP contribution is -2.26. The highest BCUT2D eigenvalue weighted by Crippen LogP contribution is 2.11. The summed E-state index contributed by atoms with van der Waals surface area (Å²) < 4.78 is 27.4. The number of aliphatic hydroxyl groups excluding tert-OH is 1. The van der Waals surface area contributed by atoms with Crippen molar-refractivity contribution in [3.05, 3.63) is 16.7 Å². The van der Waals surface area contributed by atoms with Crippen LogP contribution in [0.5, 0.6) is 0 Å². The summed E-state index contributed by atoms with van der Waals surface area (Å²) >= 11 is 0. The van der Waals surface area contributed by atoms with Gasteiger partial charge in [0.05, 0.1) is 19.5 Å². The smallest absolute Gasteiger partial charge is 0.280 e. The quantitative estimate of drug-likeness (QED) is 0.677. The Kier molecular flexibility index (Phi) is 3.24. The van der Waals surface area contributed by atoms with E-state index in [1.807, 2.05) is 0 Å². The number of hydrogen-bond acceptors (Lipinski definition) is 5. The molecule has 7 nitrogen and oxygen atoms in total. The Labute approximate surface area is 99.3 Å². The van der Waals surface area contributed by atoms with Crippen molar-refractivity contribution in [2.75, 3.05) is 12.3 Å². The molecule has 4 N–H and O–H groups in total. The molecule has 2 aromatic heterocycles. The largest absolute Gasteiger partial charge is 0.393 e. The van der Waals surface area contributed by atoms with Gasteiger partial charge in [0.2, 0.25) is 5.95 Å². The normalized spacial score (nSPS) is 14.8. The van der Waals surface area contributed by atoms with Gasteiger partial charge in [-0.2, -0.15) is 4.98 Å². The molecule has 9 heteroatoms. The van der Waals surface area contributed by atoms with Crippen molar-refractivity contribution in [3.8, 4) is 0 Å². The number of fused-ring (bicyclic) bond motifs is 1. The van der Waals surface area contributed by atoms with Gasteiger partial charge in [-0.05, 0) is 0 Å². The van der Waals surface area contributed by atoms with Crippen LogP contribution in [0.25, 0.3) is 11.2 Å². The Morgan fingerprint density at radius 3 is 2.89 bits per heavy atom. The van der Waals surface area contributed by atoms with Crippen molar-refractivity contribution in [1.29, 1.82) is 0 Å². The molecular weight excluding hydrogens is 248 g/mol. The number of nitrogens with zero attached hydrogens (tertiary/aromatic N) is 3. The van der Waals surface area contributed by atoms with Gasteiger partial charge in [0.25, 0.3) is 5.56 Å². The number of aromatic nitrogens is 4. The molecule has 2 aromatic rings. The number of alkyl halides is 2. The molecule has 0 aromatic carbocycles. The number of hydrogen-bond donors (Lipinski definition) is 3. The number of nitrogens with two attached hydrogens (primary N) is 1. The first-order chi connectivity index (χ1) is 8.52. The number of nitrogen functional groups attached to an aromatic ring is 1. The molecule has 2 unspecified atom stereocenters. The fourth-order valence-corrected chi connectivity index (χ4v) is 1.52. The van der Waals surface area contributed by atoms with Crippen LogP contribution < -0.4 is 11.3 Å². The van der Waals surface area contributed by atoms with Gasteiger partial charge in [0.1, 0.15) is 0 Å². The number of H-pyrrole nitrogens is 1. The first kappa shape index (κ1) is 12.4. The van der Waals surface area contributed by atoms with E-state index in [4.69, 9.17) is 10.8 Å². The molecule has 0 amide bonds. The van der Waals surface area contributed by atoms with Crippen LogP contribution in [0.1, 0.15) is 0 Å². The summed E-state index contributed by atoms with van der Waals surface area (Å²) in [5.74, 6) is -0.136. The van der Waals surface area contributed by atoms with Crippen molar-refractivity contribution in [2.45, 2.75) is 18.9 Å². The molecule has 0 fully saturated rings. The summed E-state index contributed by atoms with van der Waals surface area (Å²) in [5, 5.41) is 8.50. The zero-order valence-electron chi connectivity index (χ0n) is 9.18. The minimum atomic E-state index is -2.00. The molecular formula is C9H11F2N5O2. The molecule has 0 aliphatic heterocycles.